The summed E-state index contributed by atoms with van der Waals surface area (Å²) in [5, 5.41) is 11.0. The highest BCUT2D eigenvalue weighted by molar-refractivity contribution is 5.49. The van der Waals surface area contributed by atoms with E-state index in [4.69, 9.17) is 4.74 Å². The number of methoxy groups -OCH3 is 1. The van der Waals surface area contributed by atoms with E-state index in [-0.39, 0.29) is 10.6 Å². The molecule has 0 bridgehead atoms. The highest BCUT2D eigenvalue weighted by atomic mass is 16.6. The van der Waals surface area contributed by atoms with Gasteiger partial charge in [0.25, 0.3) is 5.69 Å². The molecule has 0 unspecified atom stereocenters. The normalized spacial score (nSPS) is 15.2. The third-order valence-corrected chi connectivity index (χ3v) is 4.61. The van der Waals surface area contributed by atoms with Crippen LogP contribution in [0.3, 0.4) is 0 Å². The first kappa shape index (κ1) is 17.2. The molecule has 0 atom stereocenters. The fraction of sp³-hybridized carbons (Fsp3) is 0.368. The van der Waals surface area contributed by atoms with Crippen molar-refractivity contribution in [3.8, 4) is 5.75 Å². The molecule has 0 saturated carbocycles. The molecule has 1 fully saturated rings. The van der Waals surface area contributed by atoms with E-state index >= 15 is 0 Å². The van der Waals surface area contributed by atoms with Gasteiger partial charge in [0, 0.05) is 56.1 Å². The third-order valence-electron chi connectivity index (χ3n) is 4.61. The predicted molar refractivity (Wildman–Crippen MR) is 98.3 cm³/mol. The molecule has 1 saturated heterocycles. The molecule has 0 radical (unpaired) electrons. The van der Waals surface area contributed by atoms with Crippen LogP contribution in [-0.4, -0.2) is 43.1 Å². The van der Waals surface area contributed by atoms with Crippen molar-refractivity contribution in [2.24, 2.45) is 0 Å². The monoisotopic (exact) mass is 341 g/mol. The second-order valence-electron chi connectivity index (χ2n) is 6.36. The van der Waals surface area contributed by atoms with Crippen molar-refractivity contribution in [2.45, 2.75) is 13.5 Å². The van der Waals surface area contributed by atoms with Crippen LogP contribution in [0.4, 0.5) is 11.4 Å². The van der Waals surface area contributed by atoms with Gasteiger partial charge in [-0.05, 0) is 30.7 Å². The quantitative estimate of drug-likeness (QED) is 0.617. The number of nitro benzene ring substituents is 1. The molecule has 0 spiro atoms. The average Bonchev–Trinajstić information content (AvgIpc) is 2.62. The Kier molecular flexibility index (Phi) is 5.19. The second kappa shape index (κ2) is 7.53. The summed E-state index contributed by atoms with van der Waals surface area (Å²) in [5.41, 5.74) is 3.49. The van der Waals surface area contributed by atoms with Crippen LogP contribution < -0.4 is 9.64 Å². The molecule has 1 aliphatic heterocycles. The molecule has 25 heavy (non-hydrogen) atoms. The number of hydrogen-bond donors (Lipinski definition) is 0. The summed E-state index contributed by atoms with van der Waals surface area (Å²) < 4.78 is 5.37. The van der Waals surface area contributed by atoms with E-state index in [1.165, 1.54) is 17.3 Å². The van der Waals surface area contributed by atoms with E-state index in [9.17, 15) is 10.1 Å². The summed E-state index contributed by atoms with van der Waals surface area (Å²) >= 11 is 0. The van der Waals surface area contributed by atoms with Crippen LogP contribution in [0.5, 0.6) is 5.75 Å². The van der Waals surface area contributed by atoms with Gasteiger partial charge < -0.3 is 9.64 Å². The molecule has 6 nitrogen and oxygen atoms in total. The van der Waals surface area contributed by atoms with Gasteiger partial charge in [-0.2, -0.15) is 0 Å². The maximum absolute atomic E-state index is 11.0. The van der Waals surface area contributed by atoms with Crippen LogP contribution >= 0.6 is 0 Å². The lowest BCUT2D eigenvalue weighted by molar-refractivity contribution is -0.385. The summed E-state index contributed by atoms with van der Waals surface area (Å²) in [6.07, 6.45) is 0. The number of anilines is 1. The fourth-order valence-corrected chi connectivity index (χ4v) is 3.23. The van der Waals surface area contributed by atoms with Crippen LogP contribution in [0, 0.1) is 17.0 Å². The van der Waals surface area contributed by atoms with E-state index in [0.717, 1.165) is 31.7 Å². The Morgan fingerprint density at radius 1 is 1.12 bits per heavy atom. The lowest BCUT2D eigenvalue weighted by Crippen LogP contribution is -2.46. The largest absolute Gasteiger partial charge is 0.496 e. The van der Waals surface area contributed by atoms with E-state index in [1.807, 2.05) is 0 Å². The van der Waals surface area contributed by atoms with Crippen LogP contribution in [0.1, 0.15) is 11.1 Å². The zero-order valence-corrected chi connectivity index (χ0v) is 14.6. The zero-order valence-electron chi connectivity index (χ0n) is 14.6. The molecule has 0 aliphatic carbocycles. The first-order chi connectivity index (χ1) is 12.1. The number of piperazine rings is 1. The third kappa shape index (κ3) is 4.09. The molecule has 2 aromatic carbocycles. The molecule has 0 amide bonds. The van der Waals surface area contributed by atoms with Crippen molar-refractivity contribution in [2.75, 3.05) is 38.2 Å². The Labute approximate surface area is 147 Å². The number of hydrogen-bond acceptors (Lipinski definition) is 5. The number of nitrogens with zero attached hydrogens (tertiary/aromatic N) is 3. The second-order valence-corrected chi connectivity index (χ2v) is 6.36. The summed E-state index contributed by atoms with van der Waals surface area (Å²) in [6, 6.07) is 13.3. The van der Waals surface area contributed by atoms with Gasteiger partial charge in [0.2, 0.25) is 0 Å². The van der Waals surface area contributed by atoms with Crippen LogP contribution in [-0.2, 0) is 6.54 Å². The van der Waals surface area contributed by atoms with E-state index in [0.29, 0.717) is 12.3 Å². The number of rotatable bonds is 5. The molecule has 0 N–H and O–H groups in total. The Morgan fingerprint density at radius 3 is 2.52 bits per heavy atom. The van der Waals surface area contributed by atoms with Crippen molar-refractivity contribution in [3.05, 3.63) is 63.7 Å². The van der Waals surface area contributed by atoms with E-state index in [2.05, 4.69) is 41.0 Å². The van der Waals surface area contributed by atoms with Crippen molar-refractivity contribution in [1.82, 2.24) is 4.90 Å². The molecular formula is C19H23N3O3. The lowest BCUT2D eigenvalue weighted by Gasteiger charge is -2.36. The maximum atomic E-state index is 11.0. The molecule has 6 heteroatoms. The molecular weight excluding hydrogens is 318 g/mol. The first-order valence-electron chi connectivity index (χ1n) is 8.42. The number of ether oxygens (including phenoxy) is 1. The number of non-ortho nitro benzene ring substituents is 1. The topological polar surface area (TPSA) is 58.9 Å². The van der Waals surface area contributed by atoms with Crippen LogP contribution in [0.15, 0.2) is 42.5 Å². The maximum Gasteiger partial charge on any atom is 0.270 e. The summed E-state index contributed by atoms with van der Waals surface area (Å²) in [6.45, 7) is 6.49. The molecule has 3 rings (SSSR count). The summed E-state index contributed by atoms with van der Waals surface area (Å²) in [5.74, 6) is 0.701. The Morgan fingerprint density at radius 2 is 1.88 bits per heavy atom. The minimum atomic E-state index is -0.362. The molecule has 2 aromatic rings. The van der Waals surface area contributed by atoms with Gasteiger partial charge >= 0.3 is 0 Å². The van der Waals surface area contributed by atoms with Gasteiger partial charge in [-0.25, -0.2) is 0 Å². The van der Waals surface area contributed by atoms with E-state index in [1.54, 1.807) is 19.2 Å². The van der Waals surface area contributed by atoms with E-state index < -0.39 is 0 Å². The van der Waals surface area contributed by atoms with Crippen molar-refractivity contribution >= 4 is 11.4 Å². The summed E-state index contributed by atoms with van der Waals surface area (Å²) in [4.78, 5) is 15.4. The highest BCUT2D eigenvalue weighted by Gasteiger charge is 2.20. The predicted octanol–water partition coefficient (Wildman–Crippen LogP) is 3.23. The van der Waals surface area contributed by atoms with Crippen molar-refractivity contribution in [3.63, 3.8) is 0 Å². The molecule has 1 aliphatic rings. The van der Waals surface area contributed by atoms with Gasteiger partial charge in [-0.3, -0.25) is 15.0 Å². The zero-order chi connectivity index (χ0) is 17.8. The number of nitro groups is 1. The molecule has 0 aromatic heterocycles. The molecule has 1 heterocycles. The fourth-order valence-electron chi connectivity index (χ4n) is 3.23. The van der Waals surface area contributed by atoms with Crippen molar-refractivity contribution < 1.29 is 9.66 Å². The summed E-state index contributed by atoms with van der Waals surface area (Å²) in [7, 11) is 1.60. The van der Waals surface area contributed by atoms with Gasteiger partial charge in [0.05, 0.1) is 12.0 Å². The molecule has 132 valence electrons. The lowest BCUT2D eigenvalue weighted by atomic mass is 10.1. The average molecular weight is 341 g/mol. The highest BCUT2D eigenvalue weighted by Crippen LogP contribution is 2.26. The van der Waals surface area contributed by atoms with Gasteiger partial charge in [-0.15, -0.1) is 0 Å². The standard InChI is InChI=1S/C19H23N3O3/c1-15-4-3-5-17(12-15)21-10-8-20(9-11-21)14-16-13-18(22(23)24)6-7-19(16)25-2/h3-7,12-13H,8-11,14H2,1-2H3. The Balaban J connectivity index is 1.66. The Hall–Kier alpha value is -2.60. The number of aryl methyl sites for hydroxylation is 1. The van der Waals surface area contributed by atoms with Crippen molar-refractivity contribution in [1.29, 1.82) is 0 Å². The Bertz CT molecular complexity index is 755. The minimum absolute atomic E-state index is 0.106. The first-order valence-corrected chi connectivity index (χ1v) is 8.42. The number of benzene rings is 2. The van der Waals surface area contributed by atoms with Crippen LogP contribution in [0.2, 0.25) is 0 Å². The minimum Gasteiger partial charge on any atom is -0.496 e. The smallest absolute Gasteiger partial charge is 0.270 e. The SMILES string of the molecule is COc1ccc([N+](=O)[O-])cc1CN1CCN(c2cccc(C)c2)CC1. The van der Waals surface area contributed by atoms with Gasteiger partial charge in [0.15, 0.2) is 0 Å². The van der Waals surface area contributed by atoms with Gasteiger partial charge in [0.1, 0.15) is 5.75 Å². The van der Waals surface area contributed by atoms with Crippen LogP contribution in [0.25, 0.3) is 0 Å². The van der Waals surface area contributed by atoms with Gasteiger partial charge in [-0.1, -0.05) is 12.1 Å².